The van der Waals surface area contributed by atoms with Crippen molar-refractivity contribution in [3.8, 4) is 0 Å². The van der Waals surface area contributed by atoms with Gasteiger partial charge in [-0.1, -0.05) is 20.8 Å². The second-order valence-electron chi connectivity index (χ2n) is 5.20. The standard InChI is InChI=1S/C12H22N2O3/c1-8(2)10(11(15)16)13-12(17)14-6-4-5-9(3)7-14/h8-10H,4-7H2,1-3H3,(H,13,17)(H,15,16). The molecule has 0 aromatic carbocycles. The second kappa shape index (κ2) is 5.89. The van der Waals surface area contributed by atoms with E-state index in [1.165, 1.54) is 0 Å². The lowest BCUT2D eigenvalue weighted by Gasteiger charge is -2.32. The van der Waals surface area contributed by atoms with Crippen LogP contribution < -0.4 is 5.32 Å². The molecular formula is C12H22N2O3. The Morgan fingerprint density at radius 2 is 2.06 bits per heavy atom. The molecule has 1 fully saturated rings. The Morgan fingerprint density at radius 1 is 1.41 bits per heavy atom. The minimum Gasteiger partial charge on any atom is -0.480 e. The summed E-state index contributed by atoms with van der Waals surface area (Å²) in [5.74, 6) is -0.589. The van der Waals surface area contributed by atoms with Crippen LogP contribution in [-0.2, 0) is 4.79 Å². The number of hydrogen-bond acceptors (Lipinski definition) is 2. The summed E-state index contributed by atoms with van der Waals surface area (Å²) >= 11 is 0. The Morgan fingerprint density at radius 3 is 2.53 bits per heavy atom. The van der Waals surface area contributed by atoms with E-state index in [2.05, 4.69) is 12.2 Å². The van der Waals surface area contributed by atoms with Crippen molar-refractivity contribution in [2.24, 2.45) is 11.8 Å². The predicted molar refractivity (Wildman–Crippen MR) is 64.8 cm³/mol. The molecule has 5 nitrogen and oxygen atoms in total. The van der Waals surface area contributed by atoms with Gasteiger partial charge in [0, 0.05) is 13.1 Å². The number of carboxylic acids is 1. The highest BCUT2D eigenvalue weighted by atomic mass is 16.4. The fraction of sp³-hybridized carbons (Fsp3) is 0.833. The van der Waals surface area contributed by atoms with E-state index in [1.807, 2.05) is 0 Å². The van der Waals surface area contributed by atoms with Crippen molar-refractivity contribution in [3.63, 3.8) is 0 Å². The van der Waals surface area contributed by atoms with Crippen LogP contribution >= 0.6 is 0 Å². The fourth-order valence-corrected chi connectivity index (χ4v) is 2.11. The van der Waals surface area contributed by atoms with Crippen LogP contribution in [0.2, 0.25) is 0 Å². The number of likely N-dealkylation sites (tertiary alicyclic amines) is 1. The van der Waals surface area contributed by atoms with E-state index in [0.717, 1.165) is 25.9 Å². The van der Waals surface area contributed by atoms with Crippen LogP contribution in [0.3, 0.4) is 0 Å². The number of amides is 2. The zero-order valence-corrected chi connectivity index (χ0v) is 10.8. The first kappa shape index (κ1) is 13.8. The lowest BCUT2D eigenvalue weighted by atomic mass is 10.0. The number of nitrogens with one attached hydrogen (secondary N) is 1. The molecule has 0 aromatic rings. The molecule has 1 aliphatic rings. The van der Waals surface area contributed by atoms with Crippen molar-refractivity contribution in [2.45, 2.75) is 39.7 Å². The monoisotopic (exact) mass is 242 g/mol. The van der Waals surface area contributed by atoms with Gasteiger partial charge in [-0.25, -0.2) is 9.59 Å². The molecule has 1 rings (SSSR count). The molecule has 0 aliphatic carbocycles. The second-order valence-corrected chi connectivity index (χ2v) is 5.20. The van der Waals surface area contributed by atoms with E-state index in [1.54, 1.807) is 18.7 Å². The van der Waals surface area contributed by atoms with Gasteiger partial charge in [-0.2, -0.15) is 0 Å². The number of rotatable bonds is 3. The molecule has 2 atom stereocenters. The number of carbonyl (C=O) groups is 2. The van der Waals surface area contributed by atoms with Crippen molar-refractivity contribution in [3.05, 3.63) is 0 Å². The van der Waals surface area contributed by atoms with Gasteiger partial charge in [-0.05, 0) is 24.7 Å². The van der Waals surface area contributed by atoms with Crippen molar-refractivity contribution in [1.82, 2.24) is 10.2 Å². The normalized spacial score (nSPS) is 22.4. The maximum absolute atomic E-state index is 11.9. The Labute approximate surface area is 102 Å². The van der Waals surface area contributed by atoms with Crippen molar-refractivity contribution in [2.75, 3.05) is 13.1 Å². The number of urea groups is 1. The third-order valence-electron chi connectivity index (χ3n) is 3.16. The first-order valence-electron chi connectivity index (χ1n) is 6.20. The molecule has 0 bridgehead atoms. The SMILES string of the molecule is CC1CCCN(C(=O)NC(C(=O)O)C(C)C)C1. The zero-order valence-electron chi connectivity index (χ0n) is 10.8. The minimum absolute atomic E-state index is 0.112. The highest BCUT2D eigenvalue weighted by Gasteiger charge is 2.27. The summed E-state index contributed by atoms with van der Waals surface area (Å²) in [6.07, 6.45) is 2.13. The molecule has 0 saturated carbocycles. The van der Waals surface area contributed by atoms with Crippen LogP contribution in [0.5, 0.6) is 0 Å². The molecular weight excluding hydrogens is 220 g/mol. The van der Waals surface area contributed by atoms with E-state index in [-0.39, 0.29) is 11.9 Å². The first-order chi connectivity index (χ1) is 7.91. The van der Waals surface area contributed by atoms with Gasteiger partial charge in [0.05, 0.1) is 0 Å². The Hall–Kier alpha value is -1.26. The average Bonchev–Trinajstić information content (AvgIpc) is 2.24. The number of carbonyl (C=O) groups excluding carboxylic acids is 1. The fourth-order valence-electron chi connectivity index (χ4n) is 2.11. The minimum atomic E-state index is -0.974. The summed E-state index contributed by atoms with van der Waals surface area (Å²) in [4.78, 5) is 24.6. The molecule has 0 radical (unpaired) electrons. The molecule has 1 saturated heterocycles. The third-order valence-corrected chi connectivity index (χ3v) is 3.16. The summed E-state index contributed by atoms with van der Waals surface area (Å²) in [5.41, 5.74) is 0. The van der Waals surface area contributed by atoms with Crippen LogP contribution in [0.1, 0.15) is 33.6 Å². The predicted octanol–water partition coefficient (Wildman–Crippen LogP) is 1.54. The Bertz CT molecular complexity index is 291. The molecule has 1 heterocycles. The Kier molecular flexibility index (Phi) is 4.78. The summed E-state index contributed by atoms with van der Waals surface area (Å²) in [6.45, 7) is 7.13. The number of carboxylic acid groups (broad SMARTS) is 1. The summed E-state index contributed by atoms with van der Waals surface area (Å²) in [5, 5.41) is 11.6. The number of aliphatic carboxylic acids is 1. The number of piperidine rings is 1. The maximum Gasteiger partial charge on any atom is 0.326 e. The van der Waals surface area contributed by atoms with Crippen molar-refractivity contribution in [1.29, 1.82) is 0 Å². The zero-order chi connectivity index (χ0) is 13.0. The summed E-state index contributed by atoms with van der Waals surface area (Å²) in [7, 11) is 0. The molecule has 0 aromatic heterocycles. The van der Waals surface area contributed by atoms with Gasteiger partial charge in [-0.3, -0.25) is 0 Å². The van der Waals surface area contributed by atoms with E-state index >= 15 is 0 Å². The smallest absolute Gasteiger partial charge is 0.326 e. The van der Waals surface area contributed by atoms with Gasteiger partial charge in [0.15, 0.2) is 0 Å². The lowest BCUT2D eigenvalue weighted by Crippen LogP contribution is -2.52. The largest absolute Gasteiger partial charge is 0.480 e. The van der Waals surface area contributed by atoms with Crippen LogP contribution in [-0.4, -0.2) is 41.1 Å². The first-order valence-corrected chi connectivity index (χ1v) is 6.20. The quantitative estimate of drug-likeness (QED) is 0.788. The van der Waals surface area contributed by atoms with Crippen LogP contribution in [0.4, 0.5) is 4.79 Å². The number of hydrogen-bond donors (Lipinski definition) is 2. The van der Waals surface area contributed by atoms with Gasteiger partial charge >= 0.3 is 12.0 Å². The highest BCUT2D eigenvalue weighted by Crippen LogP contribution is 2.15. The highest BCUT2D eigenvalue weighted by molar-refractivity contribution is 5.82. The topological polar surface area (TPSA) is 69.6 Å². The molecule has 17 heavy (non-hydrogen) atoms. The molecule has 1 aliphatic heterocycles. The van der Waals surface area contributed by atoms with Gasteiger partial charge in [-0.15, -0.1) is 0 Å². The van der Waals surface area contributed by atoms with Gasteiger partial charge in [0.1, 0.15) is 6.04 Å². The molecule has 98 valence electrons. The maximum atomic E-state index is 11.9. The van der Waals surface area contributed by atoms with Gasteiger partial charge < -0.3 is 15.3 Å². The van der Waals surface area contributed by atoms with Gasteiger partial charge in [0.25, 0.3) is 0 Å². The van der Waals surface area contributed by atoms with Crippen LogP contribution in [0.25, 0.3) is 0 Å². The third kappa shape index (κ3) is 3.91. The molecule has 5 heteroatoms. The molecule has 2 N–H and O–H groups in total. The molecule has 2 unspecified atom stereocenters. The van der Waals surface area contributed by atoms with Crippen molar-refractivity contribution < 1.29 is 14.7 Å². The van der Waals surface area contributed by atoms with Gasteiger partial charge in [0.2, 0.25) is 0 Å². The van der Waals surface area contributed by atoms with Crippen LogP contribution in [0.15, 0.2) is 0 Å². The summed E-state index contributed by atoms with van der Waals surface area (Å²) in [6, 6.07) is -1.06. The van der Waals surface area contributed by atoms with Crippen molar-refractivity contribution >= 4 is 12.0 Å². The number of nitrogens with zero attached hydrogens (tertiary/aromatic N) is 1. The van der Waals surface area contributed by atoms with Crippen LogP contribution in [0, 0.1) is 11.8 Å². The molecule has 2 amide bonds. The van der Waals surface area contributed by atoms with E-state index in [4.69, 9.17) is 5.11 Å². The van der Waals surface area contributed by atoms with E-state index in [0.29, 0.717) is 5.92 Å². The van der Waals surface area contributed by atoms with E-state index in [9.17, 15) is 9.59 Å². The summed E-state index contributed by atoms with van der Waals surface area (Å²) < 4.78 is 0. The molecule has 0 spiro atoms. The Balaban J connectivity index is 2.54. The lowest BCUT2D eigenvalue weighted by molar-refractivity contribution is -0.140. The average molecular weight is 242 g/mol. The van der Waals surface area contributed by atoms with E-state index < -0.39 is 12.0 Å².